The zero-order valence-electron chi connectivity index (χ0n) is 27.5. The van der Waals surface area contributed by atoms with E-state index in [1.165, 1.54) is 24.7 Å². The highest BCUT2D eigenvalue weighted by atomic mass is 31.2. The average Bonchev–Trinajstić information content (AvgIpc) is 3.51. The maximum atomic E-state index is 16.0. The van der Waals surface area contributed by atoms with Crippen LogP contribution in [0.3, 0.4) is 0 Å². The average molecular weight is 686 g/mol. The van der Waals surface area contributed by atoms with Crippen LogP contribution in [0, 0.1) is 5.41 Å². The number of carbonyl (C=O) groups is 1. The van der Waals surface area contributed by atoms with Gasteiger partial charge in [0.25, 0.3) is 0 Å². The van der Waals surface area contributed by atoms with Crippen molar-refractivity contribution in [2.75, 3.05) is 36.9 Å². The van der Waals surface area contributed by atoms with Crippen LogP contribution in [0.25, 0.3) is 21.9 Å². The van der Waals surface area contributed by atoms with Gasteiger partial charge in [0.15, 0.2) is 29.4 Å². The van der Waals surface area contributed by atoms with Crippen molar-refractivity contribution in [1.82, 2.24) is 24.6 Å². The summed E-state index contributed by atoms with van der Waals surface area (Å²) in [5.74, 6) is 0.0794. The fourth-order valence-corrected chi connectivity index (χ4v) is 7.08. The summed E-state index contributed by atoms with van der Waals surface area (Å²) in [5.41, 5.74) is 4.32. The molecule has 0 amide bonds. The lowest BCUT2D eigenvalue weighted by Gasteiger charge is -2.32. The Bertz CT molecular complexity index is 1860. The maximum Gasteiger partial charge on any atom is 0.459 e. The number of rotatable bonds is 11. The van der Waals surface area contributed by atoms with E-state index >= 15 is 4.39 Å². The highest BCUT2D eigenvalue weighted by Gasteiger charge is 2.55. The van der Waals surface area contributed by atoms with Gasteiger partial charge in [-0.1, -0.05) is 57.2 Å². The topological polar surface area (TPSA) is 176 Å². The second kappa shape index (κ2) is 12.9. The second-order valence-corrected chi connectivity index (χ2v) is 15.3. The first kappa shape index (κ1) is 34.0. The number of nitrogen functional groups attached to an aromatic ring is 1. The minimum Gasteiger partial charge on any atom is -0.464 e. The van der Waals surface area contributed by atoms with Crippen molar-refractivity contribution in [2.24, 2.45) is 5.41 Å². The highest BCUT2D eigenvalue weighted by molar-refractivity contribution is 7.52. The zero-order chi connectivity index (χ0) is 34.4. The smallest absolute Gasteiger partial charge is 0.459 e. The van der Waals surface area contributed by atoms with Crippen molar-refractivity contribution in [1.29, 1.82) is 0 Å². The van der Waals surface area contributed by atoms with Crippen LogP contribution in [0.4, 0.5) is 16.2 Å². The largest absolute Gasteiger partial charge is 0.464 e. The molecular formula is C32H41FN7O7P. The van der Waals surface area contributed by atoms with Crippen LogP contribution in [0.5, 0.6) is 5.75 Å². The molecule has 2 aliphatic rings. The molecule has 2 fully saturated rings. The first-order chi connectivity index (χ1) is 22.6. The van der Waals surface area contributed by atoms with E-state index in [-0.39, 0.29) is 29.4 Å². The lowest BCUT2D eigenvalue weighted by atomic mass is 9.98. The van der Waals surface area contributed by atoms with Crippen LogP contribution in [-0.4, -0.2) is 80.8 Å². The van der Waals surface area contributed by atoms with Crippen LogP contribution in [0.1, 0.15) is 47.3 Å². The summed E-state index contributed by atoms with van der Waals surface area (Å²) in [6.45, 7) is 9.55. The third-order valence-electron chi connectivity index (χ3n) is 8.25. The molecule has 16 heteroatoms. The van der Waals surface area contributed by atoms with E-state index in [0.717, 1.165) is 24.9 Å². The Morgan fingerprint density at radius 1 is 1.23 bits per heavy atom. The molecule has 2 aromatic heterocycles. The Morgan fingerprint density at radius 2 is 1.96 bits per heavy atom. The Morgan fingerprint density at radius 3 is 2.67 bits per heavy atom. The Hall–Kier alpha value is -3.88. The molecule has 4 aromatic rings. The first-order valence-electron chi connectivity index (χ1n) is 15.8. The van der Waals surface area contributed by atoms with Gasteiger partial charge in [0.2, 0.25) is 5.95 Å². The number of nitrogens with zero attached hydrogens (tertiary/aromatic N) is 5. The third kappa shape index (κ3) is 6.83. The molecule has 4 N–H and O–H groups in total. The van der Waals surface area contributed by atoms with E-state index in [1.807, 2.05) is 43.9 Å². The fourth-order valence-electron chi connectivity index (χ4n) is 5.56. The van der Waals surface area contributed by atoms with Crippen molar-refractivity contribution in [3.8, 4) is 5.75 Å². The molecule has 0 radical (unpaired) electrons. The maximum absolute atomic E-state index is 16.0. The minimum absolute atomic E-state index is 0.00628. The number of aromatic nitrogens is 4. The predicted molar refractivity (Wildman–Crippen MR) is 177 cm³/mol. The second-order valence-electron chi connectivity index (χ2n) is 13.6. The van der Waals surface area contributed by atoms with Gasteiger partial charge in [-0.3, -0.25) is 13.9 Å². The summed E-state index contributed by atoms with van der Waals surface area (Å²) in [4.78, 5) is 27.9. The van der Waals surface area contributed by atoms with E-state index < -0.39 is 50.5 Å². The number of ether oxygens (including phenoxy) is 2. The van der Waals surface area contributed by atoms with Crippen LogP contribution in [0.15, 0.2) is 48.8 Å². The molecule has 0 saturated carbocycles. The Kier molecular flexibility index (Phi) is 9.11. The number of nitrogens with one attached hydrogen (secondary N) is 1. The van der Waals surface area contributed by atoms with Crippen molar-refractivity contribution in [2.45, 2.75) is 71.2 Å². The van der Waals surface area contributed by atoms with E-state index in [0.29, 0.717) is 16.7 Å². The lowest BCUT2D eigenvalue weighted by molar-refractivity contribution is -0.148. The van der Waals surface area contributed by atoms with E-state index in [1.54, 1.807) is 24.3 Å². The van der Waals surface area contributed by atoms with Gasteiger partial charge in [0.1, 0.15) is 23.5 Å². The Balaban J connectivity index is 1.25. The van der Waals surface area contributed by atoms with Gasteiger partial charge in [-0.05, 0) is 37.1 Å². The molecule has 6 rings (SSSR count). The molecule has 14 nitrogen and oxygen atoms in total. The van der Waals surface area contributed by atoms with Crippen LogP contribution in [0.2, 0.25) is 0 Å². The molecule has 2 aromatic carbocycles. The molecule has 2 aliphatic heterocycles. The molecule has 0 bridgehead atoms. The standard InChI is InChI=1S/C32H41FN7O7P/c1-19(28(41)44-17-31(2,3)4)38-48(43,47-22-13-8-11-20-10-6-7-12-21(20)22)45-16-23-25(33)32(5,42)29(46-23)40-18-35-24-26(39-14-9-15-39)36-30(34)37-27(24)40/h6-8,10-13,18-19,23,25,29,42H,9,14-17H2,1-5H3,(H,38,43)(H2,34,36,37)/t19-,23+,25+,29+,32+,48?/m0/s1. The quantitative estimate of drug-likeness (QED) is 0.148. The Labute approximate surface area is 277 Å². The number of esters is 1. The van der Waals surface area contributed by atoms with E-state index in [9.17, 15) is 14.5 Å². The van der Waals surface area contributed by atoms with Gasteiger partial charge in [0, 0.05) is 18.5 Å². The molecule has 0 aliphatic carbocycles. The van der Waals surface area contributed by atoms with Crippen LogP contribution in [-0.2, 0) is 23.4 Å². The summed E-state index contributed by atoms with van der Waals surface area (Å²) < 4.78 is 55.0. The number of anilines is 2. The predicted octanol–water partition coefficient (Wildman–Crippen LogP) is 4.53. The van der Waals surface area contributed by atoms with Gasteiger partial charge in [-0.2, -0.15) is 15.1 Å². The summed E-state index contributed by atoms with van der Waals surface area (Å²) in [6.07, 6.45) is -2.34. The number of nitrogens with two attached hydrogens (primary N) is 1. The molecule has 48 heavy (non-hydrogen) atoms. The minimum atomic E-state index is -4.42. The number of aliphatic hydroxyl groups is 1. The van der Waals surface area contributed by atoms with Gasteiger partial charge in [-0.15, -0.1) is 0 Å². The van der Waals surface area contributed by atoms with Crippen molar-refractivity contribution >= 4 is 47.4 Å². The number of imidazole rings is 1. The molecule has 4 heterocycles. The number of alkyl halides is 1. The molecule has 258 valence electrons. The third-order valence-corrected chi connectivity index (χ3v) is 9.88. The number of hydrogen-bond acceptors (Lipinski definition) is 12. The molecular weight excluding hydrogens is 644 g/mol. The van der Waals surface area contributed by atoms with E-state index in [4.69, 9.17) is 24.3 Å². The summed E-state index contributed by atoms with van der Waals surface area (Å²) in [6, 6.07) is 11.4. The molecule has 2 saturated heterocycles. The normalized spacial score (nSPS) is 24.7. The van der Waals surface area contributed by atoms with Gasteiger partial charge >= 0.3 is 13.7 Å². The lowest BCUT2D eigenvalue weighted by Crippen LogP contribution is -2.42. The van der Waals surface area contributed by atoms with E-state index in [2.05, 4.69) is 20.0 Å². The molecule has 0 spiro atoms. The zero-order valence-corrected chi connectivity index (χ0v) is 28.4. The number of hydrogen-bond donors (Lipinski definition) is 3. The number of fused-ring (bicyclic) bond motifs is 2. The highest BCUT2D eigenvalue weighted by Crippen LogP contribution is 2.49. The number of carbonyl (C=O) groups excluding carboxylic acids is 1. The molecule has 6 atom stereocenters. The van der Waals surface area contributed by atoms with Gasteiger partial charge in [-0.25, -0.2) is 13.9 Å². The first-order valence-corrected chi connectivity index (χ1v) is 17.3. The fraction of sp³-hybridized carbons (Fsp3) is 0.500. The number of halogens is 1. The van der Waals surface area contributed by atoms with Gasteiger partial charge in [0.05, 0.1) is 19.5 Å². The SMILES string of the molecule is C[C@H](NP(=O)(OC[C@H]1O[C@@H](n2cnc3c(N4CCC4)nc(N)nc32)[C@](C)(O)[C@@H]1F)Oc1cccc2ccccc12)C(=O)OCC(C)(C)C. The molecule has 1 unspecified atom stereocenters. The van der Waals surface area contributed by atoms with Crippen molar-refractivity contribution in [3.63, 3.8) is 0 Å². The van der Waals surface area contributed by atoms with Crippen molar-refractivity contribution < 1.29 is 37.4 Å². The monoisotopic (exact) mass is 685 g/mol. The summed E-state index contributed by atoms with van der Waals surface area (Å²) >= 11 is 0. The summed E-state index contributed by atoms with van der Waals surface area (Å²) in [5, 5.41) is 15.5. The van der Waals surface area contributed by atoms with Crippen LogP contribution < -0.4 is 20.2 Å². The number of benzene rings is 2. The van der Waals surface area contributed by atoms with Crippen molar-refractivity contribution in [3.05, 3.63) is 48.8 Å². The van der Waals surface area contributed by atoms with Gasteiger partial charge < -0.3 is 29.7 Å². The summed E-state index contributed by atoms with van der Waals surface area (Å²) in [7, 11) is -4.42. The van der Waals surface area contributed by atoms with Crippen LogP contribution >= 0.6 is 7.75 Å².